The monoisotopic (exact) mass is 290 g/mol. The summed E-state index contributed by atoms with van der Waals surface area (Å²) >= 11 is 0. The Hall–Kier alpha value is -0.660. The molecule has 0 aromatic rings. The van der Waals surface area contributed by atoms with Gasteiger partial charge in [0.25, 0.3) is 10.2 Å². The molecule has 2 rings (SSSR count). The molecule has 0 saturated carbocycles. The summed E-state index contributed by atoms with van der Waals surface area (Å²) in [5, 5.41) is 9.40. The van der Waals surface area contributed by atoms with Crippen molar-refractivity contribution in [3.63, 3.8) is 0 Å². The third-order valence-corrected chi connectivity index (χ3v) is 6.37. The van der Waals surface area contributed by atoms with Crippen LogP contribution < -0.4 is 0 Å². The van der Waals surface area contributed by atoms with Gasteiger partial charge in [-0.05, 0) is 32.1 Å². The Morgan fingerprint density at radius 2 is 1.74 bits per heavy atom. The molecule has 6 nitrogen and oxygen atoms in total. The summed E-state index contributed by atoms with van der Waals surface area (Å²) in [6.07, 6.45) is 3.43. The lowest BCUT2D eigenvalue weighted by molar-refractivity contribution is -0.151. The predicted molar refractivity (Wildman–Crippen MR) is 70.9 cm³/mol. The van der Waals surface area contributed by atoms with Gasteiger partial charge in [0.2, 0.25) is 0 Å². The minimum atomic E-state index is -3.47. The number of nitrogens with zero attached hydrogens (tertiary/aromatic N) is 2. The highest BCUT2D eigenvalue weighted by Crippen LogP contribution is 2.35. The predicted octanol–water partition coefficient (Wildman–Crippen LogP) is 0.904. The fraction of sp³-hybridized carbons (Fsp3) is 0.917. The van der Waals surface area contributed by atoms with Crippen LogP contribution in [-0.4, -0.2) is 54.3 Å². The van der Waals surface area contributed by atoms with Gasteiger partial charge in [0.1, 0.15) is 0 Å². The number of hydrogen-bond acceptors (Lipinski definition) is 3. The van der Waals surface area contributed by atoms with Crippen LogP contribution in [-0.2, 0) is 15.0 Å². The van der Waals surface area contributed by atoms with E-state index < -0.39 is 21.6 Å². The van der Waals surface area contributed by atoms with E-state index in [1.54, 1.807) is 0 Å². The Bertz CT molecular complexity index is 445. The zero-order valence-corrected chi connectivity index (χ0v) is 12.2. The van der Waals surface area contributed by atoms with Crippen LogP contribution in [0, 0.1) is 5.41 Å². The summed E-state index contributed by atoms with van der Waals surface area (Å²) in [5.41, 5.74) is -0.912. The van der Waals surface area contributed by atoms with Gasteiger partial charge < -0.3 is 5.11 Å². The van der Waals surface area contributed by atoms with Crippen molar-refractivity contribution in [3.8, 4) is 0 Å². The Morgan fingerprint density at radius 1 is 1.16 bits per heavy atom. The van der Waals surface area contributed by atoms with E-state index in [1.165, 1.54) is 8.61 Å². The highest BCUT2D eigenvalue weighted by molar-refractivity contribution is 7.86. The summed E-state index contributed by atoms with van der Waals surface area (Å²) in [6.45, 7) is 3.49. The molecular formula is C12H22N2O4S. The van der Waals surface area contributed by atoms with Crippen molar-refractivity contribution in [3.05, 3.63) is 0 Å². The lowest BCUT2D eigenvalue weighted by atomic mass is 9.78. The average Bonchev–Trinajstić information content (AvgIpc) is 2.93. The molecule has 2 heterocycles. The molecule has 19 heavy (non-hydrogen) atoms. The van der Waals surface area contributed by atoms with Crippen LogP contribution in [0.1, 0.15) is 39.0 Å². The second-order valence-electron chi connectivity index (χ2n) is 5.49. The van der Waals surface area contributed by atoms with E-state index in [1.807, 2.05) is 6.92 Å². The lowest BCUT2D eigenvalue weighted by Gasteiger charge is -2.39. The van der Waals surface area contributed by atoms with Gasteiger partial charge in [-0.2, -0.15) is 17.0 Å². The molecule has 1 atom stereocenters. The number of carboxylic acids is 1. The molecule has 0 amide bonds. The third-order valence-electron chi connectivity index (χ3n) is 4.39. The molecule has 0 radical (unpaired) electrons. The second kappa shape index (κ2) is 5.38. The quantitative estimate of drug-likeness (QED) is 0.834. The Morgan fingerprint density at radius 3 is 2.26 bits per heavy atom. The Kier molecular flexibility index (Phi) is 4.17. The molecule has 0 aromatic heterocycles. The zero-order chi connectivity index (χ0) is 14.1. The molecule has 0 spiro atoms. The van der Waals surface area contributed by atoms with Gasteiger partial charge in [0, 0.05) is 26.2 Å². The first-order chi connectivity index (χ1) is 8.92. The SMILES string of the molecule is CCC1(C(=O)O)CCCN(S(=O)(=O)N2CCCC2)C1. The van der Waals surface area contributed by atoms with Crippen molar-refractivity contribution in [1.29, 1.82) is 0 Å². The maximum atomic E-state index is 12.5. The van der Waals surface area contributed by atoms with Crippen molar-refractivity contribution >= 4 is 16.2 Å². The van der Waals surface area contributed by atoms with E-state index in [0.29, 0.717) is 38.9 Å². The molecule has 1 unspecified atom stereocenters. The molecule has 2 fully saturated rings. The van der Waals surface area contributed by atoms with E-state index in [9.17, 15) is 18.3 Å². The maximum absolute atomic E-state index is 12.5. The topological polar surface area (TPSA) is 77.9 Å². The molecule has 7 heteroatoms. The summed E-state index contributed by atoms with van der Waals surface area (Å²) in [7, 11) is -3.47. The molecule has 2 aliphatic heterocycles. The lowest BCUT2D eigenvalue weighted by Crippen LogP contribution is -2.53. The molecule has 0 aromatic carbocycles. The van der Waals surface area contributed by atoms with E-state index in [2.05, 4.69) is 0 Å². The van der Waals surface area contributed by atoms with Gasteiger partial charge in [-0.1, -0.05) is 6.92 Å². The number of aliphatic carboxylic acids is 1. The van der Waals surface area contributed by atoms with E-state index in [4.69, 9.17) is 0 Å². The summed E-state index contributed by atoms with van der Waals surface area (Å²) < 4.78 is 27.8. The summed E-state index contributed by atoms with van der Waals surface area (Å²) in [5.74, 6) is -0.878. The van der Waals surface area contributed by atoms with Gasteiger partial charge in [0.05, 0.1) is 5.41 Å². The number of rotatable bonds is 4. The summed E-state index contributed by atoms with van der Waals surface area (Å²) in [4.78, 5) is 11.5. The van der Waals surface area contributed by atoms with Crippen LogP contribution in [0.3, 0.4) is 0 Å². The Balaban J connectivity index is 2.19. The van der Waals surface area contributed by atoms with Crippen molar-refractivity contribution in [2.24, 2.45) is 5.41 Å². The first kappa shape index (κ1) is 14.7. The molecule has 0 aliphatic carbocycles. The van der Waals surface area contributed by atoms with Gasteiger partial charge >= 0.3 is 5.97 Å². The van der Waals surface area contributed by atoms with Crippen LogP contribution in [0.25, 0.3) is 0 Å². The number of piperidine rings is 1. The second-order valence-corrected chi connectivity index (χ2v) is 7.42. The standard InChI is InChI=1S/C12H22N2O4S/c1-2-12(11(15)16)6-5-9-14(10-12)19(17,18)13-7-3-4-8-13/h2-10H2,1H3,(H,15,16). The molecule has 0 bridgehead atoms. The summed E-state index contributed by atoms with van der Waals surface area (Å²) in [6, 6.07) is 0. The van der Waals surface area contributed by atoms with Crippen molar-refractivity contribution < 1.29 is 18.3 Å². The molecule has 2 saturated heterocycles. The van der Waals surface area contributed by atoms with Gasteiger partial charge in [0.15, 0.2) is 0 Å². The van der Waals surface area contributed by atoms with Crippen molar-refractivity contribution in [1.82, 2.24) is 8.61 Å². The van der Waals surface area contributed by atoms with Gasteiger partial charge in [-0.25, -0.2) is 0 Å². The highest BCUT2D eigenvalue weighted by atomic mass is 32.2. The first-order valence-corrected chi connectivity index (χ1v) is 8.31. The van der Waals surface area contributed by atoms with Crippen LogP contribution in [0.2, 0.25) is 0 Å². The first-order valence-electron chi connectivity index (χ1n) is 6.91. The minimum absolute atomic E-state index is 0.109. The Labute approximate surface area is 114 Å². The molecule has 2 aliphatic rings. The number of carbonyl (C=O) groups is 1. The maximum Gasteiger partial charge on any atom is 0.310 e. The normalized spacial score (nSPS) is 30.6. The number of hydrogen-bond donors (Lipinski definition) is 1. The highest BCUT2D eigenvalue weighted by Gasteiger charge is 2.45. The van der Waals surface area contributed by atoms with E-state index >= 15 is 0 Å². The third kappa shape index (κ3) is 2.64. The van der Waals surface area contributed by atoms with Crippen LogP contribution >= 0.6 is 0 Å². The molecular weight excluding hydrogens is 268 g/mol. The van der Waals surface area contributed by atoms with E-state index in [-0.39, 0.29) is 6.54 Å². The number of carboxylic acid groups (broad SMARTS) is 1. The largest absolute Gasteiger partial charge is 0.481 e. The average molecular weight is 290 g/mol. The molecule has 110 valence electrons. The van der Waals surface area contributed by atoms with Crippen LogP contribution in [0.15, 0.2) is 0 Å². The molecule has 1 N–H and O–H groups in total. The zero-order valence-electron chi connectivity index (χ0n) is 11.3. The fourth-order valence-corrected chi connectivity index (χ4v) is 4.80. The fourth-order valence-electron chi connectivity index (χ4n) is 2.98. The minimum Gasteiger partial charge on any atom is -0.481 e. The van der Waals surface area contributed by atoms with Crippen molar-refractivity contribution in [2.75, 3.05) is 26.2 Å². The van der Waals surface area contributed by atoms with Crippen LogP contribution in [0.4, 0.5) is 0 Å². The van der Waals surface area contributed by atoms with Gasteiger partial charge in [-0.15, -0.1) is 0 Å². The smallest absolute Gasteiger partial charge is 0.310 e. The van der Waals surface area contributed by atoms with E-state index in [0.717, 1.165) is 12.8 Å². The van der Waals surface area contributed by atoms with Crippen LogP contribution in [0.5, 0.6) is 0 Å². The van der Waals surface area contributed by atoms with Gasteiger partial charge in [-0.3, -0.25) is 4.79 Å². The van der Waals surface area contributed by atoms with Crippen molar-refractivity contribution in [2.45, 2.75) is 39.0 Å².